The van der Waals surface area contributed by atoms with Crippen molar-refractivity contribution in [2.24, 2.45) is 11.5 Å². The van der Waals surface area contributed by atoms with Crippen LogP contribution in [0.5, 0.6) is 0 Å². The van der Waals surface area contributed by atoms with Crippen LogP contribution in [0, 0.1) is 0 Å². The van der Waals surface area contributed by atoms with Crippen LogP contribution in [0.2, 0.25) is 0 Å². The monoisotopic (exact) mass is 383 g/mol. The molecule has 1 aromatic carbocycles. The quantitative estimate of drug-likeness (QED) is 0.441. The fourth-order valence-corrected chi connectivity index (χ4v) is 3.01. The number of ether oxygens (including phenoxy) is 2. The number of nitrogens with two attached hydrogens (primary N) is 2. The summed E-state index contributed by atoms with van der Waals surface area (Å²) >= 11 is 1.34. The van der Waals surface area contributed by atoms with E-state index in [1.807, 2.05) is 51.1 Å². The fourth-order valence-electron chi connectivity index (χ4n) is 1.94. The molecule has 0 aliphatic heterocycles. The Bertz CT molecular complexity index is 563. The molecule has 8 heteroatoms. The molecule has 0 saturated heterocycles. The Labute approximate surface area is 159 Å². The summed E-state index contributed by atoms with van der Waals surface area (Å²) in [6.45, 7) is 5.81. The van der Waals surface area contributed by atoms with E-state index in [0.29, 0.717) is 5.75 Å². The van der Waals surface area contributed by atoms with Gasteiger partial charge in [-0.3, -0.25) is 4.79 Å². The molecule has 2 atom stereocenters. The van der Waals surface area contributed by atoms with Crippen LogP contribution in [0.15, 0.2) is 30.3 Å². The van der Waals surface area contributed by atoms with Gasteiger partial charge in [-0.15, -0.1) is 11.8 Å². The van der Waals surface area contributed by atoms with E-state index >= 15 is 0 Å². The molecule has 0 aliphatic rings. The SMILES string of the molecule is CC(C)(C)OC(=O)CCS[C@@H](NC(=O)OCc1ccccc1)[C@H](N)CN. The maximum Gasteiger partial charge on any atom is 0.408 e. The van der Waals surface area contributed by atoms with E-state index in [2.05, 4.69) is 5.32 Å². The van der Waals surface area contributed by atoms with Crippen LogP contribution >= 0.6 is 11.8 Å². The zero-order valence-electron chi connectivity index (χ0n) is 15.6. The van der Waals surface area contributed by atoms with Gasteiger partial charge in [0.1, 0.15) is 12.2 Å². The van der Waals surface area contributed by atoms with Gasteiger partial charge in [0.05, 0.1) is 11.8 Å². The number of alkyl carbamates (subject to hydrolysis) is 1. The van der Waals surface area contributed by atoms with Crippen molar-refractivity contribution in [3.63, 3.8) is 0 Å². The molecule has 146 valence electrons. The zero-order valence-corrected chi connectivity index (χ0v) is 16.4. The highest BCUT2D eigenvalue weighted by molar-refractivity contribution is 7.99. The molecular weight excluding hydrogens is 354 g/mol. The van der Waals surface area contributed by atoms with Crippen LogP contribution in [0.1, 0.15) is 32.8 Å². The molecular formula is C18H29N3O4S. The Morgan fingerprint density at radius 3 is 2.46 bits per heavy atom. The number of amides is 1. The van der Waals surface area contributed by atoms with Crippen molar-refractivity contribution >= 4 is 23.8 Å². The van der Waals surface area contributed by atoms with E-state index in [-0.39, 0.29) is 25.5 Å². The minimum atomic E-state index is -0.576. The van der Waals surface area contributed by atoms with Crippen molar-refractivity contribution in [3.8, 4) is 0 Å². The van der Waals surface area contributed by atoms with Gasteiger partial charge in [-0.05, 0) is 26.3 Å². The summed E-state index contributed by atoms with van der Waals surface area (Å²) in [5, 5.41) is 2.25. The lowest BCUT2D eigenvalue weighted by molar-refractivity contribution is -0.154. The lowest BCUT2D eigenvalue weighted by Gasteiger charge is -2.24. The van der Waals surface area contributed by atoms with Crippen LogP contribution in [0.4, 0.5) is 4.79 Å². The van der Waals surface area contributed by atoms with Crippen molar-refractivity contribution < 1.29 is 19.1 Å². The molecule has 0 bridgehead atoms. The predicted octanol–water partition coefficient (Wildman–Crippen LogP) is 1.99. The number of hydrogen-bond donors (Lipinski definition) is 3. The number of nitrogens with one attached hydrogen (secondary N) is 1. The molecule has 1 amide bonds. The summed E-state index contributed by atoms with van der Waals surface area (Å²) in [4.78, 5) is 23.8. The fraction of sp³-hybridized carbons (Fsp3) is 0.556. The number of carbonyl (C=O) groups excluding carboxylic acids is 2. The smallest absolute Gasteiger partial charge is 0.408 e. The molecule has 0 unspecified atom stereocenters. The number of rotatable bonds is 9. The average Bonchev–Trinajstić information content (AvgIpc) is 2.57. The molecule has 0 heterocycles. The van der Waals surface area contributed by atoms with E-state index in [1.165, 1.54) is 11.8 Å². The molecule has 0 fully saturated rings. The molecule has 0 saturated carbocycles. The molecule has 7 nitrogen and oxygen atoms in total. The van der Waals surface area contributed by atoms with E-state index in [1.54, 1.807) is 0 Å². The van der Waals surface area contributed by atoms with Gasteiger partial charge in [-0.1, -0.05) is 30.3 Å². The average molecular weight is 384 g/mol. The third-order valence-corrected chi connectivity index (χ3v) is 4.42. The van der Waals surface area contributed by atoms with Gasteiger partial charge in [-0.25, -0.2) is 4.79 Å². The van der Waals surface area contributed by atoms with Crippen LogP contribution in [-0.4, -0.2) is 41.4 Å². The van der Waals surface area contributed by atoms with Gasteiger partial charge in [-0.2, -0.15) is 0 Å². The Morgan fingerprint density at radius 1 is 1.23 bits per heavy atom. The lowest BCUT2D eigenvalue weighted by Crippen LogP contribution is -2.49. The van der Waals surface area contributed by atoms with Gasteiger partial charge in [0.2, 0.25) is 0 Å². The van der Waals surface area contributed by atoms with Gasteiger partial charge < -0.3 is 26.3 Å². The van der Waals surface area contributed by atoms with Crippen LogP contribution < -0.4 is 16.8 Å². The molecule has 0 aliphatic carbocycles. The summed E-state index contributed by atoms with van der Waals surface area (Å²) in [6, 6.07) is 8.91. The van der Waals surface area contributed by atoms with Crippen molar-refractivity contribution in [1.82, 2.24) is 5.32 Å². The van der Waals surface area contributed by atoms with Gasteiger partial charge in [0.25, 0.3) is 0 Å². The summed E-state index contributed by atoms with van der Waals surface area (Å²) in [5.41, 5.74) is 11.9. The normalized spacial score (nSPS) is 13.6. The van der Waals surface area contributed by atoms with E-state index < -0.39 is 23.1 Å². The zero-order chi connectivity index (χ0) is 19.6. The standard InChI is InChI=1S/C18H29N3O4S/c1-18(2,3)25-15(22)9-10-26-16(14(20)11-19)21-17(23)24-12-13-7-5-4-6-8-13/h4-8,14,16H,9-12,19-20H2,1-3H3,(H,21,23)/t14-,16-/m1/s1. The first-order chi connectivity index (χ1) is 12.2. The lowest BCUT2D eigenvalue weighted by atomic mass is 10.2. The second-order valence-corrected chi connectivity index (χ2v) is 7.98. The Balaban J connectivity index is 2.43. The van der Waals surface area contributed by atoms with Crippen LogP contribution in [0.3, 0.4) is 0 Å². The molecule has 5 N–H and O–H groups in total. The number of carbonyl (C=O) groups is 2. The topological polar surface area (TPSA) is 117 Å². The number of benzene rings is 1. The van der Waals surface area contributed by atoms with E-state index in [0.717, 1.165) is 5.56 Å². The first-order valence-electron chi connectivity index (χ1n) is 8.47. The van der Waals surface area contributed by atoms with Crippen molar-refractivity contribution in [2.75, 3.05) is 12.3 Å². The van der Waals surface area contributed by atoms with Gasteiger partial charge in [0.15, 0.2) is 0 Å². The van der Waals surface area contributed by atoms with Crippen molar-refractivity contribution in [2.45, 2.75) is 50.8 Å². The van der Waals surface area contributed by atoms with Gasteiger partial charge >= 0.3 is 12.1 Å². The van der Waals surface area contributed by atoms with E-state index in [9.17, 15) is 9.59 Å². The van der Waals surface area contributed by atoms with Crippen LogP contribution in [0.25, 0.3) is 0 Å². The molecule has 26 heavy (non-hydrogen) atoms. The number of hydrogen-bond acceptors (Lipinski definition) is 7. The minimum absolute atomic E-state index is 0.166. The summed E-state index contributed by atoms with van der Waals surface area (Å²) in [6.07, 6.45) is -0.358. The maximum absolute atomic E-state index is 12.0. The van der Waals surface area contributed by atoms with Crippen molar-refractivity contribution in [3.05, 3.63) is 35.9 Å². The first-order valence-corrected chi connectivity index (χ1v) is 9.52. The van der Waals surface area contributed by atoms with Gasteiger partial charge in [0, 0.05) is 18.3 Å². The maximum atomic E-state index is 12.0. The molecule has 1 aromatic rings. The largest absolute Gasteiger partial charge is 0.460 e. The highest BCUT2D eigenvalue weighted by Gasteiger charge is 2.22. The van der Waals surface area contributed by atoms with Crippen LogP contribution in [-0.2, 0) is 20.9 Å². The molecule has 0 radical (unpaired) electrons. The summed E-state index contributed by atoms with van der Waals surface area (Å²) < 4.78 is 10.4. The minimum Gasteiger partial charge on any atom is -0.460 e. The number of esters is 1. The Hall–Kier alpha value is -1.77. The Kier molecular flexibility index (Phi) is 9.47. The number of thioether (sulfide) groups is 1. The summed E-state index contributed by atoms with van der Waals surface area (Å²) in [5.74, 6) is 0.156. The summed E-state index contributed by atoms with van der Waals surface area (Å²) in [7, 11) is 0. The first kappa shape index (κ1) is 22.3. The molecule has 0 spiro atoms. The third-order valence-electron chi connectivity index (χ3n) is 3.16. The third kappa shape index (κ3) is 9.65. The highest BCUT2D eigenvalue weighted by Crippen LogP contribution is 2.15. The molecule has 1 rings (SSSR count). The van der Waals surface area contributed by atoms with Crippen molar-refractivity contribution in [1.29, 1.82) is 0 Å². The Morgan fingerprint density at radius 2 is 1.88 bits per heavy atom. The van der Waals surface area contributed by atoms with E-state index in [4.69, 9.17) is 20.9 Å². The second kappa shape index (κ2) is 11.1. The molecule has 0 aromatic heterocycles. The highest BCUT2D eigenvalue weighted by atomic mass is 32.2. The second-order valence-electron chi connectivity index (χ2n) is 6.73. The predicted molar refractivity (Wildman–Crippen MR) is 104 cm³/mol.